The van der Waals surface area contributed by atoms with Gasteiger partial charge >= 0.3 is 0 Å². The molecule has 0 spiro atoms. The summed E-state index contributed by atoms with van der Waals surface area (Å²) in [6, 6.07) is 24.9. The zero-order valence-corrected chi connectivity index (χ0v) is 70.8. The van der Waals surface area contributed by atoms with Crippen LogP contribution >= 0.6 is 0 Å². The topological polar surface area (TPSA) is 105 Å². The van der Waals surface area contributed by atoms with Crippen LogP contribution in [0.3, 0.4) is 0 Å². The third-order valence-electron chi connectivity index (χ3n) is 24.5. The van der Waals surface area contributed by atoms with Crippen molar-refractivity contribution < 1.29 is 14.2 Å². The standard InChI is InChI=1S/C35H56N2O.C33H52N2O.C32H50N2O/c1-3-5-7-9-10-11-12-13-15-17-27-38-34-25-23-32(24-26-34)35-36-28-33(29-37-35)31-21-19-30(20-22-31)18-16-14-8-6-4-2;1-3-5-7-8-9-10-11-12-13-15-25-36-32-23-21-30(22-24-32)33-34-26-31(27-35-33)29-19-17-28(18-20-29)16-14-6-4-2;1-3-5-7-8-9-10-11-12-13-14-24-35-31-22-20-29(21-23-31)32-33-25-30(26-34-32)28-18-16-27(17-19-28)15-6-4-2/h23-26,28-31H,3-22,27H2,1-2H3;21-24,26-29H,3-20,25H2,1-2H3;20-23,25-28H,3-19,24H2,1-2H3/t30-,31-;28-,29-;27-,28-. The smallest absolute Gasteiger partial charge is 0.159 e. The van der Waals surface area contributed by atoms with Gasteiger partial charge in [-0.2, -0.15) is 0 Å². The maximum absolute atomic E-state index is 5.98. The number of ether oxygens (including phenoxy) is 3. The Morgan fingerprint density at radius 2 is 0.413 bits per heavy atom. The van der Waals surface area contributed by atoms with Crippen LogP contribution in [0.15, 0.2) is 110 Å². The van der Waals surface area contributed by atoms with Gasteiger partial charge in [-0.15, -0.1) is 0 Å². The summed E-state index contributed by atoms with van der Waals surface area (Å²) in [6.07, 6.45) is 87.1. The Labute approximate surface area is 668 Å². The molecule has 0 saturated heterocycles. The van der Waals surface area contributed by atoms with Gasteiger partial charge in [0.15, 0.2) is 17.5 Å². The maximum Gasteiger partial charge on any atom is 0.159 e. The van der Waals surface area contributed by atoms with E-state index >= 15 is 0 Å². The number of benzene rings is 3. The lowest BCUT2D eigenvalue weighted by Crippen LogP contribution is -2.14. The molecule has 0 amide bonds. The summed E-state index contributed by atoms with van der Waals surface area (Å²) in [5.74, 6) is 10.0. The molecule has 3 aliphatic carbocycles. The molecule has 0 unspecified atom stereocenters. The summed E-state index contributed by atoms with van der Waals surface area (Å²) in [7, 11) is 0. The van der Waals surface area contributed by atoms with Crippen molar-refractivity contribution in [2.45, 2.75) is 412 Å². The lowest BCUT2D eigenvalue weighted by atomic mass is 9.77. The first-order valence-electron chi connectivity index (χ1n) is 46.5. The van der Waals surface area contributed by atoms with E-state index in [1.165, 1.54) is 351 Å². The molecule has 0 radical (unpaired) electrons. The first-order chi connectivity index (χ1) is 53.9. The first kappa shape index (κ1) is 90.5. The third kappa shape index (κ3) is 38.6. The lowest BCUT2D eigenvalue weighted by molar-refractivity contribution is 0.301. The van der Waals surface area contributed by atoms with Crippen LogP contribution in [0.5, 0.6) is 17.2 Å². The second-order valence-corrected chi connectivity index (χ2v) is 33.7. The van der Waals surface area contributed by atoms with Crippen LogP contribution in [-0.2, 0) is 0 Å². The van der Waals surface area contributed by atoms with E-state index in [0.717, 1.165) is 108 Å². The van der Waals surface area contributed by atoms with Crippen molar-refractivity contribution in [3.63, 3.8) is 0 Å². The second-order valence-electron chi connectivity index (χ2n) is 33.7. The molecule has 0 atom stereocenters. The zero-order valence-electron chi connectivity index (χ0n) is 70.8. The van der Waals surface area contributed by atoms with Crippen LogP contribution in [0.4, 0.5) is 0 Å². The Balaban J connectivity index is 0.000000228. The highest BCUT2D eigenvalue weighted by Crippen LogP contribution is 2.41. The van der Waals surface area contributed by atoms with E-state index in [9.17, 15) is 0 Å². The number of unbranched alkanes of at least 4 members (excludes halogenated alkanes) is 34. The second kappa shape index (κ2) is 59.1. The fourth-order valence-electron chi connectivity index (χ4n) is 17.1. The number of rotatable bonds is 55. The van der Waals surface area contributed by atoms with Crippen LogP contribution in [0.2, 0.25) is 0 Å². The summed E-state index contributed by atoms with van der Waals surface area (Å²) in [5.41, 5.74) is 7.15. The number of nitrogens with zero attached hydrogens (tertiary/aromatic N) is 6. The van der Waals surface area contributed by atoms with Crippen LogP contribution in [0, 0.1) is 17.8 Å². The molecule has 0 bridgehead atoms. The predicted molar refractivity (Wildman–Crippen MR) is 466 cm³/mol. The molecule has 3 saturated carbocycles. The Morgan fingerprint density at radius 1 is 0.220 bits per heavy atom. The summed E-state index contributed by atoms with van der Waals surface area (Å²) in [4.78, 5) is 28.3. The van der Waals surface area contributed by atoms with Gasteiger partial charge in [-0.25, -0.2) is 29.9 Å². The van der Waals surface area contributed by atoms with Gasteiger partial charge in [0, 0.05) is 53.9 Å². The number of aromatic nitrogens is 6. The van der Waals surface area contributed by atoms with E-state index < -0.39 is 0 Å². The molecule has 606 valence electrons. The highest BCUT2D eigenvalue weighted by Gasteiger charge is 2.26. The molecule has 6 aromatic rings. The summed E-state index contributed by atoms with van der Waals surface area (Å²) in [5, 5.41) is 0. The number of hydrogen-bond acceptors (Lipinski definition) is 9. The van der Waals surface area contributed by atoms with Crippen LogP contribution in [-0.4, -0.2) is 49.7 Å². The SMILES string of the molecule is CCCCCCCCCCCCOc1ccc(-c2ncc([C@H]3CC[C@H](CCCC)CC3)cn2)cc1.CCCCCCCCCCCCOc1ccc(-c2ncc([C@H]3CC[C@H](CCCCC)CC3)cn2)cc1.CCCCCCCCCCCCOc1ccc(-c2ncc([C@H]3CC[C@H](CCCCCCC)CC3)cn2)cc1. The van der Waals surface area contributed by atoms with Crippen LogP contribution < -0.4 is 14.2 Å². The fourth-order valence-corrected chi connectivity index (χ4v) is 17.1. The van der Waals surface area contributed by atoms with Crippen molar-refractivity contribution in [1.82, 2.24) is 29.9 Å². The minimum Gasteiger partial charge on any atom is -0.494 e. The Kier molecular flexibility index (Phi) is 49.0. The molecule has 9 rings (SSSR count). The molecule has 3 heterocycles. The third-order valence-corrected chi connectivity index (χ3v) is 24.5. The minimum atomic E-state index is 0.641. The fraction of sp³-hybridized carbons (Fsp3) is 0.700. The summed E-state index contributed by atoms with van der Waals surface area (Å²) < 4.78 is 17.9. The van der Waals surface area contributed by atoms with Crippen LogP contribution in [0.1, 0.15) is 429 Å². The molecular weight excluding hydrogens is 1330 g/mol. The molecule has 109 heavy (non-hydrogen) atoms. The van der Waals surface area contributed by atoms with Crippen molar-refractivity contribution in [1.29, 1.82) is 0 Å². The largest absolute Gasteiger partial charge is 0.494 e. The van der Waals surface area contributed by atoms with Crippen molar-refractivity contribution in [3.8, 4) is 51.4 Å². The Bertz CT molecular complexity index is 3060. The van der Waals surface area contributed by atoms with Gasteiger partial charge in [0.2, 0.25) is 0 Å². The maximum atomic E-state index is 5.98. The van der Waals surface area contributed by atoms with E-state index in [2.05, 4.69) is 152 Å². The Hall–Kier alpha value is -5.70. The van der Waals surface area contributed by atoms with Gasteiger partial charge < -0.3 is 14.2 Å². The first-order valence-corrected chi connectivity index (χ1v) is 46.5. The molecule has 3 aliphatic rings. The minimum absolute atomic E-state index is 0.641. The van der Waals surface area contributed by atoms with Gasteiger partial charge in [0.25, 0.3) is 0 Å². The van der Waals surface area contributed by atoms with Crippen LogP contribution in [0.25, 0.3) is 34.2 Å². The zero-order chi connectivity index (χ0) is 76.5. The average molecular weight is 1490 g/mol. The van der Waals surface area contributed by atoms with E-state index in [1.54, 1.807) is 0 Å². The van der Waals surface area contributed by atoms with Crippen molar-refractivity contribution in [2.24, 2.45) is 17.8 Å². The highest BCUT2D eigenvalue weighted by atomic mass is 16.5. The Morgan fingerprint density at radius 3 is 0.651 bits per heavy atom. The van der Waals surface area contributed by atoms with E-state index in [1.807, 2.05) is 0 Å². The van der Waals surface area contributed by atoms with Crippen molar-refractivity contribution >= 4 is 0 Å². The van der Waals surface area contributed by atoms with Gasteiger partial charge in [-0.1, -0.05) is 298 Å². The summed E-state index contributed by atoms with van der Waals surface area (Å²) >= 11 is 0. The van der Waals surface area contributed by atoms with Crippen molar-refractivity contribution in [2.75, 3.05) is 19.8 Å². The van der Waals surface area contributed by atoms with E-state index in [4.69, 9.17) is 44.1 Å². The van der Waals surface area contributed by atoms with Gasteiger partial charge in [0.05, 0.1) is 19.8 Å². The van der Waals surface area contributed by atoms with Crippen molar-refractivity contribution in [3.05, 3.63) is 127 Å². The molecule has 9 heteroatoms. The molecule has 0 N–H and O–H groups in total. The number of hydrogen-bond donors (Lipinski definition) is 0. The quantitative estimate of drug-likeness (QED) is 0.0345. The molecule has 9 nitrogen and oxygen atoms in total. The average Bonchev–Trinajstić information content (AvgIpc) is 0.845. The monoisotopic (exact) mass is 1490 g/mol. The van der Waals surface area contributed by atoms with Gasteiger partial charge in [-0.3, -0.25) is 0 Å². The van der Waals surface area contributed by atoms with Gasteiger partial charge in [-0.05, 0) is 221 Å². The van der Waals surface area contributed by atoms with Gasteiger partial charge in [0.1, 0.15) is 17.2 Å². The highest BCUT2D eigenvalue weighted by molar-refractivity contribution is 5.58. The molecule has 3 aromatic carbocycles. The molecule has 0 aliphatic heterocycles. The van der Waals surface area contributed by atoms with E-state index in [-0.39, 0.29) is 0 Å². The molecule has 3 fully saturated rings. The predicted octanol–water partition coefficient (Wildman–Crippen LogP) is 31.3. The normalized spacial score (nSPS) is 17.8. The molecular formula is C100H158N6O3. The molecule has 3 aromatic heterocycles. The lowest BCUT2D eigenvalue weighted by Gasteiger charge is -2.28. The summed E-state index contributed by atoms with van der Waals surface area (Å²) in [6.45, 7) is 16.2. The van der Waals surface area contributed by atoms with E-state index in [0.29, 0.717) is 17.8 Å².